The first kappa shape index (κ1) is 19.9. The smallest absolute Gasteiger partial charge is 0.295 e. The largest absolute Gasteiger partial charge is 0.507 e. The number of ketones is 1. The fourth-order valence-electron chi connectivity index (χ4n) is 3.18. The predicted octanol–water partition coefficient (Wildman–Crippen LogP) is 2.83. The molecule has 1 saturated heterocycles. The van der Waals surface area contributed by atoms with Crippen molar-refractivity contribution in [3.8, 4) is 11.5 Å². The van der Waals surface area contributed by atoms with Crippen molar-refractivity contribution in [2.45, 2.75) is 6.04 Å². The molecule has 0 spiro atoms. The summed E-state index contributed by atoms with van der Waals surface area (Å²) in [5, 5.41) is 12.9. The summed E-state index contributed by atoms with van der Waals surface area (Å²) in [4.78, 5) is 27.7. The molecule has 7 nitrogen and oxygen atoms in total. The molecule has 28 heavy (non-hydrogen) atoms. The lowest BCUT2D eigenvalue weighted by molar-refractivity contribution is -0.140. The molecule has 148 valence electrons. The number of benzene rings is 1. The number of hydrogen-bond donors (Lipinski definition) is 1. The van der Waals surface area contributed by atoms with E-state index in [9.17, 15) is 14.7 Å². The van der Waals surface area contributed by atoms with E-state index >= 15 is 0 Å². The number of amides is 1. The minimum atomic E-state index is -0.732. The van der Waals surface area contributed by atoms with E-state index in [1.807, 2.05) is 17.5 Å². The summed E-state index contributed by atoms with van der Waals surface area (Å²) in [7, 11) is 4.50. The van der Waals surface area contributed by atoms with Crippen LogP contribution in [0.5, 0.6) is 11.5 Å². The minimum Gasteiger partial charge on any atom is -0.507 e. The zero-order valence-electron chi connectivity index (χ0n) is 15.8. The van der Waals surface area contributed by atoms with Crippen molar-refractivity contribution in [2.24, 2.45) is 0 Å². The van der Waals surface area contributed by atoms with Gasteiger partial charge >= 0.3 is 0 Å². The molecule has 0 bridgehead atoms. The van der Waals surface area contributed by atoms with Crippen LogP contribution in [0.3, 0.4) is 0 Å². The molecular weight excluding hydrogens is 382 g/mol. The molecule has 1 aliphatic rings. The van der Waals surface area contributed by atoms with Gasteiger partial charge < -0.3 is 24.2 Å². The van der Waals surface area contributed by atoms with Gasteiger partial charge in [0.2, 0.25) is 0 Å². The predicted molar refractivity (Wildman–Crippen MR) is 105 cm³/mol. The lowest BCUT2D eigenvalue weighted by atomic mass is 9.99. The minimum absolute atomic E-state index is 0.0343. The third kappa shape index (κ3) is 3.48. The number of nitrogens with zero attached hydrogens (tertiary/aromatic N) is 1. The van der Waals surface area contributed by atoms with Crippen molar-refractivity contribution in [1.82, 2.24) is 4.90 Å². The number of hydrogen-bond acceptors (Lipinski definition) is 7. The molecule has 0 aliphatic carbocycles. The topological polar surface area (TPSA) is 85.3 Å². The van der Waals surface area contributed by atoms with Crippen LogP contribution in [0.25, 0.3) is 5.76 Å². The highest BCUT2D eigenvalue weighted by molar-refractivity contribution is 7.10. The molecule has 1 aromatic carbocycles. The molecule has 1 unspecified atom stereocenters. The lowest BCUT2D eigenvalue weighted by Gasteiger charge is -2.23. The lowest BCUT2D eigenvalue weighted by Crippen LogP contribution is -2.32. The van der Waals surface area contributed by atoms with Crippen LogP contribution in [0.15, 0.2) is 41.3 Å². The number of Topliss-reactive ketones (excluding diaryl/α,β-unsaturated/α-hetero) is 1. The summed E-state index contributed by atoms with van der Waals surface area (Å²) in [5.74, 6) is -0.792. The van der Waals surface area contributed by atoms with Gasteiger partial charge in [0, 0.05) is 24.6 Å². The number of rotatable bonds is 7. The average Bonchev–Trinajstić information content (AvgIpc) is 3.33. The number of likely N-dealkylation sites (tertiary alicyclic amines) is 1. The summed E-state index contributed by atoms with van der Waals surface area (Å²) in [6, 6.07) is 7.85. The zero-order chi connectivity index (χ0) is 20.3. The normalized spacial score (nSPS) is 18.5. The highest BCUT2D eigenvalue weighted by Gasteiger charge is 2.46. The van der Waals surface area contributed by atoms with Crippen molar-refractivity contribution in [3.05, 3.63) is 51.7 Å². The molecule has 2 aromatic rings. The Hall–Kier alpha value is -2.84. The molecule has 2 heterocycles. The van der Waals surface area contributed by atoms with E-state index in [4.69, 9.17) is 14.2 Å². The summed E-state index contributed by atoms with van der Waals surface area (Å²) < 4.78 is 15.6. The first-order valence-corrected chi connectivity index (χ1v) is 9.44. The summed E-state index contributed by atoms with van der Waals surface area (Å²) >= 11 is 1.41. The van der Waals surface area contributed by atoms with Crippen molar-refractivity contribution in [2.75, 3.05) is 34.5 Å². The highest BCUT2D eigenvalue weighted by atomic mass is 32.1. The first-order valence-electron chi connectivity index (χ1n) is 8.56. The van der Waals surface area contributed by atoms with Gasteiger partial charge in [-0.2, -0.15) is 0 Å². The molecular formula is C20H21NO6S. The van der Waals surface area contributed by atoms with Gasteiger partial charge in [0.25, 0.3) is 11.7 Å². The van der Waals surface area contributed by atoms with Gasteiger partial charge in [-0.25, -0.2) is 0 Å². The van der Waals surface area contributed by atoms with Gasteiger partial charge in [0.05, 0.1) is 38.0 Å². The fourth-order valence-corrected chi connectivity index (χ4v) is 4.03. The second kappa shape index (κ2) is 8.45. The molecule has 1 N–H and O–H groups in total. The van der Waals surface area contributed by atoms with E-state index in [0.717, 1.165) is 4.88 Å². The van der Waals surface area contributed by atoms with Crippen LogP contribution in [-0.4, -0.2) is 56.2 Å². The van der Waals surface area contributed by atoms with E-state index in [1.165, 1.54) is 37.6 Å². The van der Waals surface area contributed by atoms with Crippen molar-refractivity contribution in [1.29, 1.82) is 0 Å². The molecule has 1 atom stereocenters. The van der Waals surface area contributed by atoms with Crippen LogP contribution in [-0.2, 0) is 14.3 Å². The van der Waals surface area contributed by atoms with E-state index in [-0.39, 0.29) is 24.5 Å². The molecule has 1 amide bonds. The monoisotopic (exact) mass is 403 g/mol. The third-order valence-electron chi connectivity index (χ3n) is 4.55. The van der Waals surface area contributed by atoms with E-state index in [1.54, 1.807) is 18.2 Å². The fraction of sp³-hybridized carbons (Fsp3) is 0.300. The van der Waals surface area contributed by atoms with Gasteiger partial charge in [-0.3, -0.25) is 9.59 Å². The zero-order valence-corrected chi connectivity index (χ0v) is 16.6. The number of carbonyl (C=O) groups excluding carboxylic acids is 2. The molecule has 8 heteroatoms. The van der Waals surface area contributed by atoms with Crippen LogP contribution in [0.2, 0.25) is 0 Å². The quantitative estimate of drug-likeness (QED) is 0.435. The van der Waals surface area contributed by atoms with Crippen LogP contribution in [0.4, 0.5) is 0 Å². The molecule has 0 radical (unpaired) electrons. The maximum atomic E-state index is 12.8. The third-order valence-corrected chi connectivity index (χ3v) is 5.48. The number of aliphatic hydroxyl groups is 1. The van der Waals surface area contributed by atoms with E-state index in [0.29, 0.717) is 17.1 Å². The second-order valence-corrected chi connectivity index (χ2v) is 7.05. The van der Waals surface area contributed by atoms with Crippen LogP contribution in [0.1, 0.15) is 16.5 Å². The van der Waals surface area contributed by atoms with Crippen LogP contribution >= 0.6 is 11.3 Å². The Morgan fingerprint density at radius 2 is 1.96 bits per heavy atom. The Bertz CT molecular complexity index is 905. The number of ether oxygens (including phenoxy) is 3. The molecule has 1 aromatic heterocycles. The van der Waals surface area contributed by atoms with Gasteiger partial charge in [0.15, 0.2) is 0 Å². The summed E-state index contributed by atoms with van der Waals surface area (Å²) in [6.45, 7) is 0.515. The maximum absolute atomic E-state index is 12.8. The van der Waals surface area contributed by atoms with Gasteiger partial charge in [-0.15, -0.1) is 11.3 Å². The summed E-state index contributed by atoms with van der Waals surface area (Å²) in [6.07, 6.45) is 0. The first-order chi connectivity index (χ1) is 13.5. The Labute approximate surface area is 166 Å². The molecule has 0 saturated carbocycles. The Balaban J connectivity index is 2.16. The van der Waals surface area contributed by atoms with Gasteiger partial charge in [-0.1, -0.05) is 6.07 Å². The number of methoxy groups -OCH3 is 3. The molecule has 3 rings (SSSR count). The van der Waals surface area contributed by atoms with Crippen LogP contribution < -0.4 is 9.47 Å². The van der Waals surface area contributed by atoms with E-state index in [2.05, 4.69) is 0 Å². The second-order valence-electron chi connectivity index (χ2n) is 6.07. The van der Waals surface area contributed by atoms with Crippen LogP contribution in [0, 0.1) is 0 Å². The number of aliphatic hydroxyl groups excluding tert-OH is 1. The number of carbonyl (C=O) groups is 2. The molecule has 1 fully saturated rings. The Morgan fingerprint density at radius 1 is 1.18 bits per heavy atom. The van der Waals surface area contributed by atoms with Gasteiger partial charge in [0.1, 0.15) is 17.3 Å². The van der Waals surface area contributed by atoms with Crippen molar-refractivity contribution in [3.63, 3.8) is 0 Å². The molecule has 1 aliphatic heterocycles. The highest BCUT2D eigenvalue weighted by Crippen LogP contribution is 2.42. The SMILES string of the molecule is COCCN1C(=O)C(=O)/C(=C(\O)c2ccc(OC)cc2OC)C1c1cccs1. The van der Waals surface area contributed by atoms with Crippen molar-refractivity contribution < 1.29 is 28.9 Å². The van der Waals surface area contributed by atoms with Crippen molar-refractivity contribution >= 4 is 28.8 Å². The standard InChI is InChI=1S/C20H21NO6S/c1-25-9-8-21-17(15-5-4-10-28-15)16(19(23)20(21)24)18(22)13-7-6-12(26-2)11-14(13)27-3/h4-7,10-11,17,22H,8-9H2,1-3H3/b18-16-. The maximum Gasteiger partial charge on any atom is 0.295 e. The van der Waals surface area contributed by atoms with Gasteiger partial charge in [-0.05, 0) is 23.6 Å². The Morgan fingerprint density at radius 3 is 2.57 bits per heavy atom. The summed E-state index contributed by atoms with van der Waals surface area (Å²) in [5.41, 5.74) is 0.349. The van der Waals surface area contributed by atoms with E-state index < -0.39 is 17.7 Å². The Kier molecular flexibility index (Phi) is 6.01. The number of thiophene rings is 1. The average molecular weight is 403 g/mol.